The van der Waals surface area contributed by atoms with Crippen molar-refractivity contribution >= 4 is 12.3 Å². The smallest absolute Gasteiger partial charge is 0.432 e. The number of hydrogen-bond acceptors (Lipinski definition) is 8. The van der Waals surface area contributed by atoms with Gasteiger partial charge in [0, 0.05) is 14.2 Å². The van der Waals surface area contributed by atoms with E-state index in [1.165, 1.54) is 0 Å². The summed E-state index contributed by atoms with van der Waals surface area (Å²) in [5, 5.41) is 0. The van der Waals surface area contributed by atoms with Crippen LogP contribution in [0.25, 0.3) is 0 Å². The third-order valence-electron chi connectivity index (χ3n) is 5.39. The van der Waals surface area contributed by atoms with Crippen LogP contribution in [0.2, 0.25) is 0 Å². The summed E-state index contributed by atoms with van der Waals surface area (Å²) in [5.41, 5.74) is 0. The molecule has 8 nitrogen and oxygen atoms in total. The summed E-state index contributed by atoms with van der Waals surface area (Å²) >= 11 is 0. The maximum atomic E-state index is 11.9. The number of rotatable bonds is 8. The van der Waals surface area contributed by atoms with E-state index < -0.39 is 12.3 Å². The number of methoxy groups -OCH3 is 2. The molecule has 1 aliphatic rings. The molecule has 1 rings (SSSR count). The van der Waals surface area contributed by atoms with Crippen LogP contribution in [-0.2, 0) is 28.4 Å². The third kappa shape index (κ3) is 15.8. The molecule has 0 aromatic heterocycles. The second-order valence-corrected chi connectivity index (χ2v) is 8.00. The Labute approximate surface area is 187 Å². The van der Waals surface area contributed by atoms with Gasteiger partial charge in [0.05, 0.1) is 13.2 Å². The Hall–Kier alpha value is -1.54. The molecule has 0 aliphatic heterocycles. The molecular formula is C23H42O8. The molecule has 0 spiro atoms. The fourth-order valence-corrected chi connectivity index (χ4v) is 3.65. The number of carbonyl (C=O) groups is 2. The van der Waals surface area contributed by atoms with E-state index in [9.17, 15) is 9.59 Å². The molecular weight excluding hydrogens is 404 g/mol. The maximum Gasteiger partial charge on any atom is 0.508 e. The normalized spacial score (nSPS) is 21.9. The monoisotopic (exact) mass is 446 g/mol. The van der Waals surface area contributed by atoms with Crippen LogP contribution in [0.1, 0.15) is 83.5 Å². The Kier molecular flexibility index (Phi) is 17.0. The standard InChI is InChI=1S/C23H42O8/c1-26-16-18-28-22(24)30-20-12-8-4-3-5-9-13-21(15-11-7-6-10-14-20)31-23(25)29-19-17-27-2/h20-21H,3-19H2,1-2H3. The topological polar surface area (TPSA) is 89.5 Å². The van der Waals surface area contributed by atoms with E-state index >= 15 is 0 Å². The van der Waals surface area contributed by atoms with Crippen LogP contribution in [0, 0.1) is 0 Å². The van der Waals surface area contributed by atoms with Gasteiger partial charge in [0.15, 0.2) is 0 Å². The lowest BCUT2D eigenvalue weighted by atomic mass is 10.0. The summed E-state index contributed by atoms with van der Waals surface area (Å²) in [5.74, 6) is 0. The van der Waals surface area contributed by atoms with Crippen LogP contribution in [-0.4, -0.2) is 65.2 Å². The average molecular weight is 447 g/mol. The highest BCUT2D eigenvalue weighted by molar-refractivity contribution is 5.60. The van der Waals surface area contributed by atoms with Crippen molar-refractivity contribution in [2.24, 2.45) is 0 Å². The molecule has 2 unspecified atom stereocenters. The molecule has 0 aromatic rings. The van der Waals surface area contributed by atoms with Crippen molar-refractivity contribution in [1.29, 1.82) is 0 Å². The van der Waals surface area contributed by atoms with Gasteiger partial charge in [-0.05, 0) is 51.4 Å². The highest BCUT2D eigenvalue weighted by atomic mass is 16.7. The van der Waals surface area contributed by atoms with Crippen LogP contribution in [0.3, 0.4) is 0 Å². The van der Waals surface area contributed by atoms with E-state index in [0.29, 0.717) is 13.2 Å². The summed E-state index contributed by atoms with van der Waals surface area (Å²) in [7, 11) is 3.13. The van der Waals surface area contributed by atoms with Crippen LogP contribution >= 0.6 is 0 Å². The van der Waals surface area contributed by atoms with E-state index in [1.54, 1.807) is 14.2 Å². The van der Waals surface area contributed by atoms with Gasteiger partial charge in [-0.3, -0.25) is 0 Å². The molecule has 8 heteroatoms. The van der Waals surface area contributed by atoms with Crippen molar-refractivity contribution in [3.05, 3.63) is 0 Å². The first kappa shape index (κ1) is 27.5. The Morgan fingerprint density at radius 2 is 0.871 bits per heavy atom. The van der Waals surface area contributed by atoms with E-state index in [4.69, 9.17) is 28.4 Å². The molecule has 182 valence electrons. The summed E-state index contributed by atoms with van der Waals surface area (Å²) < 4.78 is 30.9. The summed E-state index contributed by atoms with van der Waals surface area (Å²) in [6, 6.07) is 0. The zero-order chi connectivity index (χ0) is 22.6. The fourth-order valence-electron chi connectivity index (χ4n) is 3.65. The van der Waals surface area contributed by atoms with Crippen LogP contribution in [0.15, 0.2) is 0 Å². The zero-order valence-corrected chi connectivity index (χ0v) is 19.4. The minimum atomic E-state index is -0.600. The van der Waals surface area contributed by atoms with E-state index in [0.717, 1.165) is 83.5 Å². The molecule has 0 amide bonds. The second-order valence-electron chi connectivity index (χ2n) is 8.00. The van der Waals surface area contributed by atoms with Crippen LogP contribution in [0.5, 0.6) is 0 Å². The number of hydrogen-bond donors (Lipinski definition) is 0. The molecule has 0 heterocycles. The van der Waals surface area contributed by atoms with Crippen LogP contribution < -0.4 is 0 Å². The Morgan fingerprint density at radius 1 is 0.548 bits per heavy atom. The summed E-state index contributed by atoms with van der Waals surface area (Å²) in [6.07, 6.45) is 11.6. The first-order chi connectivity index (χ1) is 15.2. The highest BCUT2D eigenvalue weighted by Gasteiger charge is 2.17. The molecule has 1 aliphatic carbocycles. The molecule has 2 atom stereocenters. The minimum absolute atomic E-state index is 0.0851. The quantitative estimate of drug-likeness (QED) is 0.361. The SMILES string of the molecule is COCCOC(=O)OC1CCCCCCCC(OC(=O)OCCOC)CCCCCC1. The van der Waals surface area contributed by atoms with Crippen molar-refractivity contribution in [1.82, 2.24) is 0 Å². The minimum Gasteiger partial charge on any atom is -0.432 e. The first-order valence-corrected chi connectivity index (χ1v) is 11.8. The molecule has 1 fully saturated rings. The number of ether oxygens (including phenoxy) is 6. The average Bonchev–Trinajstić information content (AvgIpc) is 2.75. The van der Waals surface area contributed by atoms with Crippen molar-refractivity contribution in [3.8, 4) is 0 Å². The zero-order valence-electron chi connectivity index (χ0n) is 19.4. The predicted molar refractivity (Wildman–Crippen MR) is 116 cm³/mol. The molecule has 0 saturated heterocycles. The lowest BCUT2D eigenvalue weighted by Crippen LogP contribution is -2.20. The van der Waals surface area contributed by atoms with Crippen LogP contribution in [0.4, 0.5) is 9.59 Å². The predicted octanol–water partition coefficient (Wildman–Crippen LogP) is 5.41. The number of carbonyl (C=O) groups excluding carboxylic acids is 2. The van der Waals surface area contributed by atoms with E-state index in [1.807, 2.05) is 0 Å². The van der Waals surface area contributed by atoms with Crippen molar-refractivity contribution in [2.75, 3.05) is 40.6 Å². The molecule has 0 N–H and O–H groups in total. The Balaban J connectivity index is 2.39. The van der Waals surface area contributed by atoms with Gasteiger partial charge in [-0.1, -0.05) is 32.1 Å². The van der Waals surface area contributed by atoms with Gasteiger partial charge >= 0.3 is 12.3 Å². The van der Waals surface area contributed by atoms with Crippen molar-refractivity contribution in [2.45, 2.75) is 95.7 Å². The fraction of sp³-hybridized carbons (Fsp3) is 0.913. The molecule has 31 heavy (non-hydrogen) atoms. The lowest BCUT2D eigenvalue weighted by Gasteiger charge is -2.18. The summed E-state index contributed by atoms with van der Waals surface area (Å²) in [4.78, 5) is 23.7. The first-order valence-electron chi connectivity index (χ1n) is 11.8. The van der Waals surface area contributed by atoms with Gasteiger partial charge in [0.1, 0.15) is 25.4 Å². The van der Waals surface area contributed by atoms with Gasteiger partial charge in [-0.2, -0.15) is 0 Å². The van der Waals surface area contributed by atoms with E-state index in [-0.39, 0.29) is 25.4 Å². The van der Waals surface area contributed by atoms with Gasteiger partial charge in [0.2, 0.25) is 0 Å². The molecule has 0 radical (unpaired) electrons. The lowest BCUT2D eigenvalue weighted by molar-refractivity contribution is 0.00398. The molecule has 0 aromatic carbocycles. The van der Waals surface area contributed by atoms with Gasteiger partial charge < -0.3 is 28.4 Å². The second kappa shape index (κ2) is 19.2. The summed E-state index contributed by atoms with van der Waals surface area (Å²) in [6.45, 7) is 1.17. The highest BCUT2D eigenvalue weighted by Crippen LogP contribution is 2.20. The van der Waals surface area contributed by atoms with Crippen molar-refractivity contribution < 1.29 is 38.0 Å². The van der Waals surface area contributed by atoms with E-state index in [2.05, 4.69) is 0 Å². The van der Waals surface area contributed by atoms with Gasteiger partial charge in [-0.15, -0.1) is 0 Å². The largest absolute Gasteiger partial charge is 0.508 e. The van der Waals surface area contributed by atoms with Gasteiger partial charge in [-0.25, -0.2) is 9.59 Å². The Bertz CT molecular complexity index is 417. The van der Waals surface area contributed by atoms with Gasteiger partial charge in [0.25, 0.3) is 0 Å². The Morgan fingerprint density at radius 3 is 1.19 bits per heavy atom. The molecule has 1 saturated carbocycles. The maximum absolute atomic E-state index is 11.9. The third-order valence-corrected chi connectivity index (χ3v) is 5.39. The van der Waals surface area contributed by atoms with Crippen molar-refractivity contribution in [3.63, 3.8) is 0 Å². The molecule has 0 bridgehead atoms.